The number of hydrogen-bond donors (Lipinski definition) is 1. The molecule has 0 unspecified atom stereocenters. The van der Waals surface area contributed by atoms with Gasteiger partial charge in [0.05, 0.1) is 17.7 Å². The van der Waals surface area contributed by atoms with Crippen LogP contribution in [-0.4, -0.2) is 28.6 Å². The van der Waals surface area contributed by atoms with Gasteiger partial charge in [0.25, 0.3) is 0 Å². The molecule has 0 bridgehead atoms. The van der Waals surface area contributed by atoms with Crippen LogP contribution in [0.3, 0.4) is 0 Å². The lowest BCUT2D eigenvalue weighted by atomic mass is 10.2. The summed E-state index contributed by atoms with van der Waals surface area (Å²) < 4.78 is 28.5. The van der Waals surface area contributed by atoms with Gasteiger partial charge in [-0.25, -0.2) is 13.6 Å². The normalized spacial score (nSPS) is 11.4. The fourth-order valence-corrected chi connectivity index (χ4v) is 2.68. The lowest BCUT2D eigenvalue weighted by Crippen LogP contribution is -2.26. The molecule has 1 aromatic rings. The van der Waals surface area contributed by atoms with Crippen molar-refractivity contribution in [3.8, 4) is 5.75 Å². The Balaban J connectivity index is 3.18. The average molecular weight is 314 g/mol. The highest BCUT2D eigenvalue weighted by Crippen LogP contribution is 2.31. The van der Waals surface area contributed by atoms with E-state index in [1.165, 1.54) is 6.07 Å². The van der Waals surface area contributed by atoms with Gasteiger partial charge in [-0.1, -0.05) is 26.7 Å². The van der Waals surface area contributed by atoms with Crippen LogP contribution in [0.4, 0.5) is 5.69 Å². The lowest BCUT2D eigenvalue weighted by Gasteiger charge is -2.26. The lowest BCUT2D eigenvalue weighted by molar-refractivity contribution is 0.413. The minimum atomic E-state index is -3.71. The van der Waals surface area contributed by atoms with E-state index >= 15 is 0 Å². The van der Waals surface area contributed by atoms with E-state index in [0.717, 1.165) is 44.5 Å². The van der Waals surface area contributed by atoms with Crippen LogP contribution in [0.1, 0.15) is 39.5 Å². The molecule has 0 fully saturated rings. The summed E-state index contributed by atoms with van der Waals surface area (Å²) in [5, 5.41) is 5.23. The number of methoxy groups -OCH3 is 1. The van der Waals surface area contributed by atoms with Crippen LogP contribution in [0.25, 0.3) is 0 Å². The van der Waals surface area contributed by atoms with Gasteiger partial charge in [-0.2, -0.15) is 0 Å². The van der Waals surface area contributed by atoms with E-state index in [-0.39, 0.29) is 4.90 Å². The van der Waals surface area contributed by atoms with Gasteiger partial charge in [0.1, 0.15) is 5.75 Å². The number of sulfonamides is 1. The maximum absolute atomic E-state index is 11.6. The van der Waals surface area contributed by atoms with Gasteiger partial charge in [-0.3, -0.25) is 0 Å². The molecule has 1 aromatic carbocycles. The van der Waals surface area contributed by atoms with E-state index in [1.54, 1.807) is 19.2 Å². The standard InChI is InChI=1S/C15H26N2O3S/c1-4-6-10-17(11-7-5-2)14-12-13(21(16,18)19)8-9-15(14)20-3/h8-9,12H,4-7,10-11H2,1-3H3,(H2,16,18,19). The molecule has 2 N–H and O–H groups in total. The van der Waals surface area contributed by atoms with Crippen LogP contribution in [0, 0.1) is 0 Å². The number of anilines is 1. The number of nitrogens with two attached hydrogens (primary N) is 1. The topological polar surface area (TPSA) is 72.6 Å². The summed E-state index contributed by atoms with van der Waals surface area (Å²) in [7, 11) is -2.12. The van der Waals surface area contributed by atoms with Crippen molar-refractivity contribution in [3.63, 3.8) is 0 Å². The molecule has 0 saturated carbocycles. The molecule has 0 saturated heterocycles. The zero-order chi connectivity index (χ0) is 15.9. The Hall–Kier alpha value is -1.27. The largest absolute Gasteiger partial charge is 0.495 e. The Morgan fingerprint density at radius 3 is 2.14 bits per heavy atom. The number of primary sulfonamides is 1. The number of benzene rings is 1. The number of ether oxygens (including phenoxy) is 1. The molecule has 21 heavy (non-hydrogen) atoms. The molecule has 0 aliphatic heterocycles. The fraction of sp³-hybridized carbons (Fsp3) is 0.600. The summed E-state index contributed by atoms with van der Waals surface area (Å²) in [6, 6.07) is 4.76. The van der Waals surface area contributed by atoms with Gasteiger partial charge in [-0.15, -0.1) is 0 Å². The Labute approximate surface area is 128 Å². The van der Waals surface area contributed by atoms with Gasteiger partial charge >= 0.3 is 0 Å². The number of nitrogens with zero attached hydrogens (tertiary/aromatic N) is 1. The summed E-state index contributed by atoms with van der Waals surface area (Å²) in [4.78, 5) is 2.30. The molecule has 0 radical (unpaired) electrons. The van der Waals surface area contributed by atoms with Crippen LogP contribution in [0.5, 0.6) is 5.75 Å². The number of hydrogen-bond acceptors (Lipinski definition) is 4. The molecule has 0 atom stereocenters. The summed E-state index contributed by atoms with van der Waals surface area (Å²) in [5.41, 5.74) is 0.797. The summed E-state index contributed by atoms with van der Waals surface area (Å²) in [6.07, 6.45) is 4.26. The zero-order valence-electron chi connectivity index (χ0n) is 13.1. The van der Waals surface area contributed by atoms with E-state index in [9.17, 15) is 8.42 Å². The summed E-state index contributed by atoms with van der Waals surface area (Å²) in [5.74, 6) is 0.676. The van der Waals surface area contributed by atoms with Crippen molar-refractivity contribution >= 4 is 15.7 Å². The van der Waals surface area contributed by atoms with Gasteiger partial charge in [-0.05, 0) is 31.0 Å². The zero-order valence-corrected chi connectivity index (χ0v) is 13.9. The van der Waals surface area contributed by atoms with Crippen molar-refractivity contribution in [2.45, 2.75) is 44.4 Å². The third kappa shape index (κ3) is 5.21. The third-order valence-electron chi connectivity index (χ3n) is 3.38. The van der Waals surface area contributed by atoms with Gasteiger partial charge in [0, 0.05) is 13.1 Å². The molecule has 0 aliphatic rings. The first-order valence-electron chi connectivity index (χ1n) is 7.39. The second-order valence-electron chi connectivity index (χ2n) is 5.07. The minimum absolute atomic E-state index is 0.122. The molecule has 0 spiro atoms. The minimum Gasteiger partial charge on any atom is -0.495 e. The molecule has 120 valence electrons. The third-order valence-corrected chi connectivity index (χ3v) is 4.29. The number of rotatable bonds is 9. The van der Waals surface area contributed by atoms with E-state index in [1.807, 2.05) is 0 Å². The predicted molar refractivity (Wildman–Crippen MR) is 86.4 cm³/mol. The Morgan fingerprint density at radius 1 is 1.14 bits per heavy atom. The van der Waals surface area contributed by atoms with E-state index < -0.39 is 10.0 Å². The second kappa shape index (κ2) is 8.24. The van der Waals surface area contributed by atoms with Gasteiger partial charge < -0.3 is 9.64 Å². The summed E-state index contributed by atoms with van der Waals surface area (Å²) in [6.45, 7) is 6.02. The summed E-state index contributed by atoms with van der Waals surface area (Å²) >= 11 is 0. The van der Waals surface area contributed by atoms with E-state index in [0.29, 0.717) is 5.75 Å². The average Bonchev–Trinajstić information content (AvgIpc) is 2.46. The maximum Gasteiger partial charge on any atom is 0.238 e. The fourth-order valence-electron chi connectivity index (χ4n) is 2.14. The highest BCUT2D eigenvalue weighted by Gasteiger charge is 2.16. The van der Waals surface area contributed by atoms with Crippen LogP contribution in [0.15, 0.2) is 23.1 Å². The van der Waals surface area contributed by atoms with Crippen molar-refractivity contribution in [2.75, 3.05) is 25.1 Å². The Kier molecular flexibility index (Phi) is 6.98. The van der Waals surface area contributed by atoms with E-state index in [4.69, 9.17) is 9.88 Å². The maximum atomic E-state index is 11.6. The molecule has 5 nitrogen and oxygen atoms in total. The number of unbranched alkanes of at least 4 members (excludes halogenated alkanes) is 2. The van der Waals surface area contributed by atoms with Crippen molar-refractivity contribution in [2.24, 2.45) is 5.14 Å². The first-order valence-corrected chi connectivity index (χ1v) is 8.94. The highest BCUT2D eigenvalue weighted by molar-refractivity contribution is 7.89. The van der Waals surface area contributed by atoms with Crippen LogP contribution in [0.2, 0.25) is 0 Å². The smallest absolute Gasteiger partial charge is 0.238 e. The monoisotopic (exact) mass is 314 g/mol. The van der Waals surface area contributed by atoms with Crippen molar-refractivity contribution in [1.29, 1.82) is 0 Å². The molecular formula is C15H26N2O3S. The molecular weight excluding hydrogens is 288 g/mol. The molecule has 0 aromatic heterocycles. The molecule has 0 aliphatic carbocycles. The van der Waals surface area contributed by atoms with Crippen molar-refractivity contribution < 1.29 is 13.2 Å². The molecule has 1 rings (SSSR count). The Morgan fingerprint density at radius 2 is 1.71 bits per heavy atom. The first-order chi connectivity index (χ1) is 9.93. The van der Waals surface area contributed by atoms with Gasteiger partial charge in [0.2, 0.25) is 10.0 Å². The van der Waals surface area contributed by atoms with Crippen LogP contribution < -0.4 is 14.8 Å². The van der Waals surface area contributed by atoms with Crippen LogP contribution >= 0.6 is 0 Å². The van der Waals surface area contributed by atoms with Crippen molar-refractivity contribution in [3.05, 3.63) is 18.2 Å². The van der Waals surface area contributed by atoms with E-state index in [2.05, 4.69) is 18.7 Å². The Bertz CT molecular complexity index is 536. The second-order valence-corrected chi connectivity index (χ2v) is 6.63. The van der Waals surface area contributed by atoms with Crippen LogP contribution in [-0.2, 0) is 10.0 Å². The van der Waals surface area contributed by atoms with Crippen molar-refractivity contribution in [1.82, 2.24) is 0 Å². The van der Waals surface area contributed by atoms with Gasteiger partial charge in [0.15, 0.2) is 0 Å². The quantitative estimate of drug-likeness (QED) is 0.760. The first kappa shape index (κ1) is 17.8. The molecule has 6 heteroatoms. The SMILES string of the molecule is CCCCN(CCCC)c1cc(S(N)(=O)=O)ccc1OC. The molecule has 0 heterocycles. The molecule has 0 amide bonds. The highest BCUT2D eigenvalue weighted by atomic mass is 32.2. The predicted octanol–water partition coefficient (Wildman–Crippen LogP) is 2.75.